The van der Waals surface area contributed by atoms with Gasteiger partial charge in [0.15, 0.2) is 0 Å². The summed E-state index contributed by atoms with van der Waals surface area (Å²) in [6.07, 6.45) is 3.79. The van der Waals surface area contributed by atoms with E-state index in [0.29, 0.717) is 12.1 Å². The zero-order valence-electron chi connectivity index (χ0n) is 9.79. The lowest BCUT2D eigenvalue weighted by molar-refractivity contribution is 0.0696. The molecular weight excluding hydrogens is 216 g/mol. The summed E-state index contributed by atoms with van der Waals surface area (Å²) in [7, 11) is 0. The van der Waals surface area contributed by atoms with Crippen molar-refractivity contribution in [2.24, 2.45) is 5.73 Å². The molecule has 0 bridgehead atoms. The lowest BCUT2D eigenvalue weighted by Gasteiger charge is -2.03. The minimum Gasteiger partial charge on any atom is -0.478 e. The number of carbonyl (C=O) groups is 1. The second-order valence-electron chi connectivity index (χ2n) is 4.22. The van der Waals surface area contributed by atoms with Crippen molar-refractivity contribution < 1.29 is 9.90 Å². The average Bonchev–Trinajstić information content (AvgIpc) is 2.67. The maximum absolute atomic E-state index is 11.0. The molecule has 17 heavy (non-hydrogen) atoms. The Labute approximate surface area is 99.4 Å². The average molecular weight is 232 g/mol. The van der Waals surface area contributed by atoms with Gasteiger partial charge in [0.05, 0.1) is 5.56 Å². The third-order valence-electron chi connectivity index (χ3n) is 2.99. The molecule has 2 aromatic rings. The Balaban J connectivity index is 2.48. The number of carboxylic acid groups (broad SMARTS) is 1. The van der Waals surface area contributed by atoms with E-state index < -0.39 is 5.97 Å². The number of aryl methyl sites for hydroxylation is 2. The van der Waals surface area contributed by atoms with Crippen molar-refractivity contribution in [3.63, 3.8) is 0 Å². The molecule has 0 aliphatic rings. The van der Waals surface area contributed by atoms with Gasteiger partial charge in [-0.05, 0) is 49.6 Å². The Kier molecular flexibility index (Phi) is 3.15. The summed E-state index contributed by atoms with van der Waals surface area (Å²) in [5.74, 6) is -0.887. The van der Waals surface area contributed by atoms with Crippen LogP contribution in [-0.2, 0) is 6.42 Å². The number of carboxylic acids is 1. The van der Waals surface area contributed by atoms with Gasteiger partial charge in [-0.3, -0.25) is 0 Å². The first-order valence-corrected chi connectivity index (χ1v) is 5.67. The van der Waals surface area contributed by atoms with Crippen LogP contribution in [0.5, 0.6) is 0 Å². The van der Waals surface area contributed by atoms with Crippen molar-refractivity contribution in [1.29, 1.82) is 0 Å². The minimum atomic E-state index is -0.887. The third-order valence-corrected chi connectivity index (χ3v) is 2.99. The van der Waals surface area contributed by atoms with E-state index >= 15 is 0 Å². The van der Waals surface area contributed by atoms with E-state index in [1.807, 2.05) is 19.2 Å². The smallest absolute Gasteiger partial charge is 0.336 e. The number of H-pyrrole nitrogens is 1. The summed E-state index contributed by atoms with van der Waals surface area (Å²) >= 11 is 0. The zero-order valence-corrected chi connectivity index (χ0v) is 9.79. The Hall–Kier alpha value is -1.81. The molecule has 2 rings (SSSR count). The van der Waals surface area contributed by atoms with Crippen LogP contribution in [0.4, 0.5) is 0 Å². The quantitative estimate of drug-likeness (QED) is 0.755. The van der Waals surface area contributed by atoms with Crippen molar-refractivity contribution in [2.45, 2.75) is 19.8 Å². The van der Waals surface area contributed by atoms with Crippen molar-refractivity contribution in [3.05, 3.63) is 35.0 Å². The molecule has 0 atom stereocenters. The monoisotopic (exact) mass is 232 g/mol. The second-order valence-corrected chi connectivity index (χ2v) is 4.22. The van der Waals surface area contributed by atoms with Gasteiger partial charge in [0.25, 0.3) is 0 Å². The zero-order chi connectivity index (χ0) is 12.4. The number of hydrogen-bond donors (Lipinski definition) is 3. The van der Waals surface area contributed by atoms with Crippen LogP contribution >= 0.6 is 0 Å². The van der Waals surface area contributed by atoms with Gasteiger partial charge in [0, 0.05) is 17.1 Å². The van der Waals surface area contributed by atoms with Crippen molar-refractivity contribution in [2.75, 3.05) is 6.54 Å². The Morgan fingerprint density at radius 3 is 2.88 bits per heavy atom. The summed E-state index contributed by atoms with van der Waals surface area (Å²) in [6.45, 7) is 2.49. The van der Waals surface area contributed by atoms with Gasteiger partial charge in [-0.2, -0.15) is 0 Å². The first-order chi connectivity index (χ1) is 8.13. The lowest BCUT2D eigenvalue weighted by atomic mass is 10.0. The fourth-order valence-corrected chi connectivity index (χ4v) is 2.07. The van der Waals surface area contributed by atoms with E-state index in [-0.39, 0.29) is 0 Å². The SMILES string of the molecule is Cc1cc2c(CCCN)c[nH]c2cc1C(=O)O. The highest BCUT2D eigenvalue weighted by Crippen LogP contribution is 2.23. The summed E-state index contributed by atoms with van der Waals surface area (Å²) in [6, 6.07) is 3.63. The van der Waals surface area contributed by atoms with Gasteiger partial charge >= 0.3 is 5.97 Å². The number of nitrogens with two attached hydrogens (primary N) is 1. The first kappa shape index (κ1) is 11.7. The molecule has 1 aromatic heterocycles. The van der Waals surface area contributed by atoms with Gasteiger partial charge in [-0.1, -0.05) is 0 Å². The molecule has 0 amide bonds. The number of aromatic nitrogens is 1. The molecule has 4 N–H and O–H groups in total. The molecule has 0 saturated heterocycles. The normalized spacial score (nSPS) is 10.9. The number of aromatic carboxylic acids is 1. The Morgan fingerprint density at radius 2 is 2.24 bits per heavy atom. The molecule has 4 nitrogen and oxygen atoms in total. The van der Waals surface area contributed by atoms with Crippen molar-refractivity contribution in [1.82, 2.24) is 4.98 Å². The number of fused-ring (bicyclic) bond motifs is 1. The second kappa shape index (κ2) is 4.59. The molecule has 90 valence electrons. The number of rotatable bonds is 4. The van der Waals surface area contributed by atoms with Gasteiger partial charge in [0.1, 0.15) is 0 Å². The van der Waals surface area contributed by atoms with E-state index in [4.69, 9.17) is 10.8 Å². The van der Waals surface area contributed by atoms with Crippen LogP contribution in [0.25, 0.3) is 10.9 Å². The molecule has 1 aromatic carbocycles. The molecule has 0 saturated carbocycles. The highest BCUT2D eigenvalue weighted by atomic mass is 16.4. The van der Waals surface area contributed by atoms with Gasteiger partial charge in [0.2, 0.25) is 0 Å². The highest BCUT2D eigenvalue weighted by Gasteiger charge is 2.11. The van der Waals surface area contributed by atoms with Crippen LogP contribution in [-0.4, -0.2) is 22.6 Å². The third kappa shape index (κ3) is 2.17. The number of nitrogens with one attached hydrogen (secondary N) is 1. The molecule has 0 fully saturated rings. The minimum absolute atomic E-state index is 0.352. The van der Waals surface area contributed by atoms with E-state index in [2.05, 4.69) is 4.98 Å². The largest absolute Gasteiger partial charge is 0.478 e. The highest BCUT2D eigenvalue weighted by molar-refractivity contribution is 5.96. The maximum Gasteiger partial charge on any atom is 0.336 e. The van der Waals surface area contributed by atoms with Crippen LogP contribution in [0.15, 0.2) is 18.3 Å². The van der Waals surface area contributed by atoms with Gasteiger partial charge in [-0.15, -0.1) is 0 Å². The molecular formula is C13H16N2O2. The molecule has 0 spiro atoms. The lowest BCUT2D eigenvalue weighted by Crippen LogP contribution is -2.01. The van der Waals surface area contributed by atoms with E-state index in [1.54, 1.807) is 6.07 Å². The molecule has 0 aliphatic carbocycles. The number of benzene rings is 1. The van der Waals surface area contributed by atoms with Crippen molar-refractivity contribution in [3.8, 4) is 0 Å². The van der Waals surface area contributed by atoms with E-state index in [9.17, 15) is 4.79 Å². The summed E-state index contributed by atoms with van der Waals surface area (Å²) in [5, 5.41) is 10.1. The number of hydrogen-bond acceptors (Lipinski definition) is 2. The van der Waals surface area contributed by atoms with Crippen LogP contribution in [0.1, 0.15) is 27.9 Å². The maximum atomic E-state index is 11.0. The number of aromatic amines is 1. The fraction of sp³-hybridized carbons (Fsp3) is 0.308. The van der Waals surface area contributed by atoms with Crippen LogP contribution in [0.3, 0.4) is 0 Å². The topological polar surface area (TPSA) is 79.1 Å². The van der Waals surface area contributed by atoms with Crippen LogP contribution in [0.2, 0.25) is 0 Å². The van der Waals surface area contributed by atoms with Gasteiger partial charge in [-0.25, -0.2) is 4.79 Å². The fourth-order valence-electron chi connectivity index (χ4n) is 2.07. The Bertz CT molecular complexity index is 558. The molecule has 4 heteroatoms. The summed E-state index contributed by atoms with van der Waals surface area (Å²) in [4.78, 5) is 14.1. The first-order valence-electron chi connectivity index (χ1n) is 5.67. The molecule has 0 unspecified atom stereocenters. The predicted octanol–water partition coefficient (Wildman–Crippen LogP) is 2.07. The van der Waals surface area contributed by atoms with Gasteiger partial charge < -0.3 is 15.8 Å². The van der Waals surface area contributed by atoms with Crippen molar-refractivity contribution >= 4 is 16.9 Å². The Morgan fingerprint density at radius 1 is 1.47 bits per heavy atom. The van der Waals surface area contributed by atoms with E-state index in [0.717, 1.165) is 29.3 Å². The predicted molar refractivity (Wildman–Crippen MR) is 67.4 cm³/mol. The molecule has 0 radical (unpaired) electrons. The summed E-state index contributed by atoms with van der Waals surface area (Å²) < 4.78 is 0. The molecule has 0 aliphatic heterocycles. The molecule has 1 heterocycles. The van der Waals surface area contributed by atoms with E-state index in [1.165, 1.54) is 5.56 Å². The van der Waals surface area contributed by atoms with Crippen LogP contribution < -0.4 is 5.73 Å². The summed E-state index contributed by atoms with van der Waals surface area (Å²) in [5.41, 5.74) is 8.71. The van der Waals surface area contributed by atoms with Crippen LogP contribution in [0, 0.1) is 6.92 Å². The standard InChI is InChI=1S/C13H16N2O2/c1-8-5-11-9(3-2-4-14)7-15-12(11)6-10(8)13(16)17/h5-7,15H,2-4,14H2,1H3,(H,16,17).